The second kappa shape index (κ2) is 8.23. The Morgan fingerprint density at radius 3 is 2.66 bits per heavy atom. The van der Waals surface area contributed by atoms with Crippen LogP contribution < -0.4 is 5.73 Å². The molecule has 0 aliphatic rings. The number of fused-ring (bicyclic) bond motifs is 1. The molecular weight excluding hydrogens is 420 g/mol. The molecule has 160 valence electrons. The first kappa shape index (κ1) is 20.4. The summed E-state index contributed by atoms with van der Waals surface area (Å²) in [6.07, 6.45) is 1.84. The second-order valence-corrected chi connectivity index (χ2v) is 8.71. The van der Waals surface area contributed by atoms with Gasteiger partial charge in [-0.2, -0.15) is 5.10 Å². The first-order valence-corrected chi connectivity index (χ1v) is 11.2. The van der Waals surface area contributed by atoms with Gasteiger partial charge in [-0.25, -0.2) is 14.6 Å². The van der Waals surface area contributed by atoms with E-state index < -0.39 is 0 Å². The average Bonchev–Trinajstić information content (AvgIpc) is 3.45. The Kier molecular flexibility index (Phi) is 5.26. The van der Waals surface area contributed by atoms with Crippen LogP contribution in [0.25, 0.3) is 39.2 Å². The van der Waals surface area contributed by atoms with Gasteiger partial charge in [-0.3, -0.25) is 4.98 Å². The van der Waals surface area contributed by atoms with Gasteiger partial charge in [-0.05, 0) is 50.2 Å². The van der Waals surface area contributed by atoms with E-state index in [9.17, 15) is 5.11 Å². The third kappa shape index (κ3) is 3.69. The SMILES string of the molecule is Cc1nc(-c2cc(-c3cccc(C(C)N)n3)cc3c2cnn3-c2cccc(CO)n2)cs1. The molecule has 0 aliphatic heterocycles. The molecule has 0 spiro atoms. The van der Waals surface area contributed by atoms with Crippen molar-refractivity contribution in [1.29, 1.82) is 0 Å². The van der Waals surface area contributed by atoms with E-state index in [1.54, 1.807) is 22.1 Å². The number of aliphatic hydroxyl groups is 1. The van der Waals surface area contributed by atoms with E-state index in [4.69, 9.17) is 15.7 Å². The van der Waals surface area contributed by atoms with Gasteiger partial charge in [0.15, 0.2) is 5.82 Å². The number of thiazole rings is 1. The van der Waals surface area contributed by atoms with Crippen molar-refractivity contribution in [1.82, 2.24) is 24.7 Å². The molecule has 1 aromatic carbocycles. The monoisotopic (exact) mass is 442 g/mol. The maximum absolute atomic E-state index is 9.51. The Bertz CT molecular complexity index is 1420. The molecule has 5 rings (SSSR count). The number of rotatable bonds is 5. The number of aliphatic hydroxyl groups excluding tert-OH is 1. The standard InChI is InChI=1S/C24H22N6OS/c1-14(25)20-6-4-7-21(29-20)16-9-18(22-13-32-15(2)27-22)19-11-26-30(23(19)10-16)24-8-3-5-17(12-31)28-24/h3-11,13-14,31H,12,25H2,1-2H3. The van der Waals surface area contributed by atoms with E-state index in [-0.39, 0.29) is 12.6 Å². The van der Waals surface area contributed by atoms with Crippen LogP contribution >= 0.6 is 11.3 Å². The molecule has 0 bridgehead atoms. The number of aromatic nitrogens is 5. The molecule has 0 saturated heterocycles. The zero-order chi connectivity index (χ0) is 22.2. The van der Waals surface area contributed by atoms with Crippen LogP contribution in [0.2, 0.25) is 0 Å². The van der Waals surface area contributed by atoms with Crippen molar-refractivity contribution in [3.05, 3.63) is 76.5 Å². The Labute approximate surface area is 189 Å². The Morgan fingerprint density at radius 2 is 1.91 bits per heavy atom. The highest BCUT2D eigenvalue weighted by Gasteiger charge is 2.16. The molecule has 0 saturated carbocycles. The summed E-state index contributed by atoms with van der Waals surface area (Å²) in [4.78, 5) is 14.0. The largest absolute Gasteiger partial charge is 0.390 e. The molecule has 0 aliphatic carbocycles. The van der Waals surface area contributed by atoms with Crippen LogP contribution in [0.5, 0.6) is 0 Å². The summed E-state index contributed by atoms with van der Waals surface area (Å²) in [5, 5.41) is 18.2. The number of pyridine rings is 2. The highest BCUT2D eigenvalue weighted by molar-refractivity contribution is 7.09. The zero-order valence-electron chi connectivity index (χ0n) is 17.7. The third-order valence-electron chi connectivity index (χ3n) is 5.29. The maximum Gasteiger partial charge on any atom is 0.154 e. The molecule has 8 heteroatoms. The first-order valence-electron chi connectivity index (χ1n) is 10.3. The summed E-state index contributed by atoms with van der Waals surface area (Å²) in [7, 11) is 0. The topological polar surface area (TPSA) is 103 Å². The predicted octanol–water partition coefficient (Wildman–Crippen LogP) is 4.43. The van der Waals surface area contributed by atoms with E-state index in [0.717, 1.165) is 44.1 Å². The molecule has 1 atom stereocenters. The van der Waals surface area contributed by atoms with Gasteiger partial charge in [-0.1, -0.05) is 12.1 Å². The number of nitrogens with two attached hydrogens (primary N) is 1. The molecular formula is C24H22N6OS. The molecule has 0 radical (unpaired) electrons. The van der Waals surface area contributed by atoms with Gasteiger partial charge in [0.1, 0.15) is 0 Å². The first-order chi connectivity index (χ1) is 15.5. The van der Waals surface area contributed by atoms with E-state index in [1.807, 2.05) is 50.4 Å². The molecule has 0 amide bonds. The van der Waals surface area contributed by atoms with Gasteiger partial charge in [0.05, 0.1) is 46.1 Å². The van der Waals surface area contributed by atoms with Crippen molar-refractivity contribution in [3.63, 3.8) is 0 Å². The minimum absolute atomic E-state index is 0.129. The third-order valence-corrected chi connectivity index (χ3v) is 6.06. The summed E-state index contributed by atoms with van der Waals surface area (Å²) in [5.41, 5.74) is 12.0. The molecule has 32 heavy (non-hydrogen) atoms. The van der Waals surface area contributed by atoms with Crippen molar-refractivity contribution in [2.45, 2.75) is 26.5 Å². The van der Waals surface area contributed by atoms with Crippen LogP contribution in [-0.2, 0) is 6.61 Å². The molecule has 7 nitrogen and oxygen atoms in total. The summed E-state index contributed by atoms with van der Waals surface area (Å²) in [6, 6.07) is 15.4. The zero-order valence-corrected chi connectivity index (χ0v) is 18.5. The summed E-state index contributed by atoms with van der Waals surface area (Å²) in [5.74, 6) is 0.640. The van der Waals surface area contributed by atoms with Gasteiger partial charge in [0.25, 0.3) is 0 Å². The minimum atomic E-state index is -0.157. The van der Waals surface area contributed by atoms with Crippen molar-refractivity contribution < 1.29 is 5.11 Å². The number of nitrogens with zero attached hydrogens (tertiary/aromatic N) is 5. The molecule has 0 fully saturated rings. The van der Waals surface area contributed by atoms with Crippen LogP contribution in [0.15, 0.2) is 60.1 Å². The van der Waals surface area contributed by atoms with Gasteiger partial charge in [0.2, 0.25) is 0 Å². The van der Waals surface area contributed by atoms with Crippen LogP contribution in [0.4, 0.5) is 0 Å². The number of benzene rings is 1. The Hall–Kier alpha value is -3.46. The predicted molar refractivity (Wildman–Crippen MR) is 126 cm³/mol. The van der Waals surface area contributed by atoms with Crippen molar-refractivity contribution in [2.24, 2.45) is 5.73 Å². The van der Waals surface area contributed by atoms with Crippen molar-refractivity contribution in [3.8, 4) is 28.3 Å². The van der Waals surface area contributed by atoms with Crippen LogP contribution in [0.3, 0.4) is 0 Å². The lowest BCUT2D eigenvalue weighted by molar-refractivity contribution is 0.276. The van der Waals surface area contributed by atoms with Gasteiger partial charge in [0, 0.05) is 27.9 Å². The highest BCUT2D eigenvalue weighted by atomic mass is 32.1. The molecule has 3 N–H and O–H groups in total. The quantitative estimate of drug-likeness (QED) is 0.417. The van der Waals surface area contributed by atoms with Crippen LogP contribution in [-0.4, -0.2) is 29.8 Å². The van der Waals surface area contributed by atoms with Gasteiger partial charge >= 0.3 is 0 Å². The summed E-state index contributed by atoms with van der Waals surface area (Å²) >= 11 is 1.61. The lowest BCUT2D eigenvalue weighted by atomic mass is 10.0. The van der Waals surface area contributed by atoms with E-state index in [2.05, 4.69) is 27.6 Å². The van der Waals surface area contributed by atoms with Crippen LogP contribution in [0.1, 0.15) is 29.4 Å². The fourth-order valence-electron chi connectivity index (χ4n) is 3.69. The van der Waals surface area contributed by atoms with Gasteiger partial charge < -0.3 is 10.8 Å². The summed E-state index contributed by atoms with van der Waals surface area (Å²) < 4.78 is 1.79. The highest BCUT2D eigenvalue weighted by Crippen LogP contribution is 2.35. The van der Waals surface area contributed by atoms with Gasteiger partial charge in [-0.15, -0.1) is 11.3 Å². The lowest BCUT2D eigenvalue weighted by Crippen LogP contribution is -2.07. The molecule has 4 aromatic heterocycles. The molecule has 4 heterocycles. The number of aryl methyl sites for hydroxylation is 1. The van der Waals surface area contributed by atoms with E-state index in [1.165, 1.54) is 0 Å². The molecule has 1 unspecified atom stereocenters. The summed E-state index contributed by atoms with van der Waals surface area (Å²) in [6.45, 7) is 3.79. The maximum atomic E-state index is 9.51. The fraction of sp³-hybridized carbons (Fsp3) is 0.167. The van der Waals surface area contributed by atoms with Crippen molar-refractivity contribution in [2.75, 3.05) is 0 Å². The normalized spacial score (nSPS) is 12.4. The average molecular weight is 443 g/mol. The van der Waals surface area contributed by atoms with E-state index in [0.29, 0.717) is 11.5 Å². The van der Waals surface area contributed by atoms with E-state index >= 15 is 0 Å². The second-order valence-electron chi connectivity index (χ2n) is 7.65. The van der Waals surface area contributed by atoms with Crippen LogP contribution in [0, 0.1) is 6.92 Å². The Morgan fingerprint density at radius 1 is 1.06 bits per heavy atom. The lowest BCUT2D eigenvalue weighted by Gasteiger charge is -2.11. The Balaban J connectivity index is 1.77. The smallest absolute Gasteiger partial charge is 0.154 e. The fourth-order valence-corrected chi connectivity index (χ4v) is 4.31. The number of hydrogen-bond donors (Lipinski definition) is 2. The minimum Gasteiger partial charge on any atom is -0.390 e. The number of hydrogen-bond acceptors (Lipinski definition) is 7. The van der Waals surface area contributed by atoms with Crippen molar-refractivity contribution >= 4 is 22.2 Å². The molecule has 5 aromatic rings.